The van der Waals surface area contributed by atoms with Crippen molar-refractivity contribution in [3.05, 3.63) is 17.4 Å². The van der Waals surface area contributed by atoms with Gasteiger partial charge in [0.2, 0.25) is 0 Å². The van der Waals surface area contributed by atoms with Crippen molar-refractivity contribution in [1.29, 1.82) is 0 Å². The fraction of sp³-hybridized carbons (Fsp3) is 0.667. The van der Waals surface area contributed by atoms with Gasteiger partial charge < -0.3 is 5.73 Å². The molecule has 0 radical (unpaired) electrons. The summed E-state index contributed by atoms with van der Waals surface area (Å²) in [5.74, 6) is 0. The molecule has 0 bridgehead atoms. The summed E-state index contributed by atoms with van der Waals surface area (Å²) in [4.78, 5) is 2.36. The Bertz CT molecular complexity index is 299. The first-order valence-electron chi connectivity index (χ1n) is 4.90. The predicted molar refractivity (Wildman–Crippen MR) is 56.3 cm³/mol. The van der Waals surface area contributed by atoms with Crippen LogP contribution in [-0.4, -0.2) is 40.4 Å². The van der Waals surface area contributed by atoms with Gasteiger partial charge in [0.05, 0.1) is 17.8 Å². The lowest BCUT2D eigenvalue weighted by atomic mass is 10.3. The minimum Gasteiger partial charge on any atom is -0.326 e. The van der Waals surface area contributed by atoms with Crippen molar-refractivity contribution in [3.8, 4) is 0 Å². The van der Waals surface area contributed by atoms with Crippen molar-refractivity contribution >= 4 is 11.6 Å². The average molecular weight is 215 g/mol. The van der Waals surface area contributed by atoms with Crippen LogP contribution in [0.5, 0.6) is 0 Å². The van der Waals surface area contributed by atoms with E-state index in [1.165, 1.54) is 0 Å². The lowest BCUT2D eigenvalue weighted by Gasteiger charge is -2.14. The minimum atomic E-state index is 0.358. The molecule has 2 heterocycles. The molecule has 0 aliphatic carbocycles. The number of likely N-dealkylation sites (tertiary alicyclic amines) is 1. The van der Waals surface area contributed by atoms with E-state index in [1.54, 1.807) is 6.20 Å². The molecule has 1 aliphatic rings. The Morgan fingerprint density at radius 3 is 3.00 bits per heavy atom. The van der Waals surface area contributed by atoms with Crippen LogP contribution in [0.25, 0.3) is 0 Å². The van der Waals surface area contributed by atoms with Crippen molar-refractivity contribution in [2.45, 2.75) is 19.0 Å². The number of nitrogens with zero attached hydrogens (tertiary/aromatic N) is 3. The number of nitrogens with two attached hydrogens (primary N) is 1. The van der Waals surface area contributed by atoms with E-state index in [0.29, 0.717) is 11.1 Å². The number of hydrogen-bond donors (Lipinski definition) is 1. The molecule has 1 aliphatic heterocycles. The van der Waals surface area contributed by atoms with Gasteiger partial charge >= 0.3 is 0 Å². The average Bonchev–Trinajstić information content (AvgIpc) is 2.72. The van der Waals surface area contributed by atoms with Gasteiger partial charge in [-0.25, -0.2) is 0 Å². The van der Waals surface area contributed by atoms with Gasteiger partial charge in [0.15, 0.2) is 0 Å². The van der Waals surface area contributed by atoms with Crippen LogP contribution >= 0.6 is 11.6 Å². The van der Waals surface area contributed by atoms with Gasteiger partial charge in [-0.1, -0.05) is 11.6 Å². The number of rotatable bonds is 3. The van der Waals surface area contributed by atoms with Crippen molar-refractivity contribution < 1.29 is 0 Å². The first-order chi connectivity index (χ1) is 6.74. The van der Waals surface area contributed by atoms with E-state index in [2.05, 4.69) is 10.00 Å². The van der Waals surface area contributed by atoms with E-state index in [1.807, 2.05) is 10.9 Å². The first-order valence-corrected chi connectivity index (χ1v) is 5.28. The van der Waals surface area contributed by atoms with Crippen LogP contribution in [0.1, 0.15) is 6.42 Å². The largest absolute Gasteiger partial charge is 0.326 e. The monoisotopic (exact) mass is 214 g/mol. The van der Waals surface area contributed by atoms with Gasteiger partial charge in [0.25, 0.3) is 0 Å². The van der Waals surface area contributed by atoms with E-state index in [-0.39, 0.29) is 0 Å². The first kappa shape index (κ1) is 9.96. The third-order valence-electron chi connectivity index (χ3n) is 2.56. The summed E-state index contributed by atoms with van der Waals surface area (Å²) >= 11 is 5.76. The van der Waals surface area contributed by atoms with Crippen LogP contribution in [0, 0.1) is 0 Å². The maximum absolute atomic E-state index is 5.81. The molecule has 1 unspecified atom stereocenters. The second-order valence-corrected chi connectivity index (χ2v) is 4.21. The second kappa shape index (κ2) is 4.29. The molecular weight excluding hydrogens is 200 g/mol. The molecule has 0 aromatic carbocycles. The predicted octanol–water partition coefficient (Wildman–Crippen LogP) is 0.570. The van der Waals surface area contributed by atoms with Crippen molar-refractivity contribution in [1.82, 2.24) is 14.7 Å². The molecule has 1 aromatic rings. The molecule has 2 N–H and O–H groups in total. The summed E-state index contributed by atoms with van der Waals surface area (Å²) in [6.07, 6.45) is 4.62. The van der Waals surface area contributed by atoms with Crippen LogP contribution < -0.4 is 5.73 Å². The maximum Gasteiger partial charge on any atom is 0.0785 e. The fourth-order valence-corrected chi connectivity index (χ4v) is 1.93. The molecule has 2 rings (SSSR count). The molecule has 0 spiro atoms. The van der Waals surface area contributed by atoms with E-state index in [0.717, 1.165) is 32.6 Å². The zero-order valence-electron chi connectivity index (χ0n) is 8.06. The second-order valence-electron chi connectivity index (χ2n) is 3.77. The Morgan fingerprint density at radius 1 is 1.57 bits per heavy atom. The van der Waals surface area contributed by atoms with E-state index in [9.17, 15) is 0 Å². The summed E-state index contributed by atoms with van der Waals surface area (Å²) in [5.41, 5.74) is 5.81. The summed E-state index contributed by atoms with van der Waals surface area (Å²) in [6.45, 7) is 4.01. The molecule has 4 nitrogen and oxygen atoms in total. The molecule has 0 saturated carbocycles. The smallest absolute Gasteiger partial charge is 0.0785 e. The zero-order chi connectivity index (χ0) is 9.97. The van der Waals surface area contributed by atoms with Gasteiger partial charge in [-0.15, -0.1) is 0 Å². The van der Waals surface area contributed by atoms with E-state index < -0.39 is 0 Å². The van der Waals surface area contributed by atoms with Crippen LogP contribution in [0.15, 0.2) is 12.4 Å². The zero-order valence-corrected chi connectivity index (χ0v) is 8.82. The van der Waals surface area contributed by atoms with Gasteiger partial charge in [0.1, 0.15) is 0 Å². The molecule has 14 heavy (non-hydrogen) atoms. The Morgan fingerprint density at radius 2 is 2.43 bits per heavy atom. The third-order valence-corrected chi connectivity index (χ3v) is 2.75. The summed E-state index contributed by atoms with van der Waals surface area (Å²) in [5, 5.41) is 4.82. The van der Waals surface area contributed by atoms with Crippen LogP contribution in [0.3, 0.4) is 0 Å². The van der Waals surface area contributed by atoms with Crippen molar-refractivity contribution in [2.75, 3.05) is 19.6 Å². The Labute approximate surface area is 88.6 Å². The SMILES string of the molecule is NC1CCN(CCn2cc(Cl)cn2)C1. The molecule has 1 atom stereocenters. The summed E-state index contributed by atoms with van der Waals surface area (Å²) in [6, 6.07) is 0.358. The molecule has 5 heteroatoms. The van der Waals surface area contributed by atoms with Crippen molar-refractivity contribution in [2.24, 2.45) is 5.73 Å². The highest BCUT2D eigenvalue weighted by atomic mass is 35.5. The molecular formula is C9H15ClN4. The van der Waals surface area contributed by atoms with Crippen LogP contribution in [0.4, 0.5) is 0 Å². The van der Waals surface area contributed by atoms with Gasteiger partial charge in [0, 0.05) is 25.3 Å². The molecule has 1 aromatic heterocycles. The topological polar surface area (TPSA) is 47.1 Å². The lowest BCUT2D eigenvalue weighted by molar-refractivity contribution is 0.312. The third kappa shape index (κ3) is 2.47. The molecule has 78 valence electrons. The Balaban J connectivity index is 1.77. The Hall–Kier alpha value is -0.580. The summed E-state index contributed by atoms with van der Waals surface area (Å²) in [7, 11) is 0. The highest BCUT2D eigenvalue weighted by Gasteiger charge is 2.18. The van der Waals surface area contributed by atoms with Crippen LogP contribution in [0.2, 0.25) is 5.02 Å². The highest BCUT2D eigenvalue weighted by molar-refractivity contribution is 6.30. The number of aromatic nitrogens is 2. The minimum absolute atomic E-state index is 0.358. The van der Waals surface area contributed by atoms with Gasteiger partial charge in [-0.3, -0.25) is 9.58 Å². The number of halogens is 1. The van der Waals surface area contributed by atoms with E-state index >= 15 is 0 Å². The molecule has 0 amide bonds. The quantitative estimate of drug-likeness (QED) is 0.801. The summed E-state index contributed by atoms with van der Waals surface area (Å²) < 4.78 is 1.87. The normalized spacial score (nSPS) is 23.1. The fourth-order valence-electron chi connectivity index (χ4n) is 1.77. The van der Waals surface area contributed by atoms with Crippen molar-refractivity contribution in [3.63, 3.8) is 0 Å². The lowest BCUT2D eigenvalue weighted by Crippen LogP contribution is -2.29. The highest BCUT2D eigenvalue weighted by Crippen LogP contribution is 2.08. The van der Waals surface area contributed by atoms with E-state index in [4.69, 9.17) is 17.3 Å². The standard InChI is InChI=1S/C9H15ClN4/c10-8-5-12-14(6-8)4-3-13-2-1-9(11)7-13/h5-6,9H,1-4,7,11H2. The number of hydrogen-bond acceptors (Lipinski definition) is 3. The van der Waals surface area contributed by atoms with Gasteiger partial charge in [-0.2, -0.15) is 5.10 Å². The van der Waals surface area contributed by atoms with Crippen LogP contribution in [-0.2, 0) is 6.54 Å². The molecule has 1 saturated heterocycles. The molecule has 1 fully saturated rings. The Kier molecular flexibility index (Phi) is 3.05. The maximum atomic E-state index is 5.81. The van der Waals surface area contributed by atoms with Gasteiger partial charge in [-0.05, 0) is 13.0 Å².